The average molecular weight is 235 g/mol. The van der Waals surface area contributed by atoms with E-state index in [0.717, 1.165) is 37.3 Å². The van der Waals surface area contributed by atoms with Crippen LogP contribution in [0.5, 0.6) is 0 Å². The Balaban J connectivity index is 1.70. The van der Waals surface area contributed by atoms with Crippen molar-refractivity contribution in [2.24, 2.45) is 5.92 Å². The lowest BCUT2D eigenvalue weighted by atomic mass is 10.1. The topological polar surface area (TPSA) is 56.8 Å². The van der Waals surface area contributed by atoms with Crippen molar-refractivity contribution in [1.29, 1.82) is 0 Å². The molecule has 0 radical (unpaired) electrons. The zero-order chi connectivity index (χ0) is 11.8. The molecule has 2 N–H and O–H groups in total. The first kappa shape index (κ1) is 11.0. The molecule has 1 saturated carbocycles. The largest absolute Gasteiger partial charge is 0.337 e. The van der Waals surface area contributed by atoms with Crippen molar-refractivity contribution in [3.05, 3.63) is 5.82 Å². The Morgan fingerprint density at radius 3 is 2.94 bits per heavy atom. The number of nitrogens with one attached hydrogen (secondary N) is 2. The van der Waals surface area contributed by atoms with Gasteiger partial charge in [0.05, 0.1) is 0 Å². The van der Waals surface area contributed by atoms with Crippen LogP contribution in [0.25, 0.3) is 0 Å². The third kappa shape index (κ3) is 2.29. The molecule has 1 aliphatic heterocycles. The minimum Gasteiger partial charge on any atom is -0.337 e. The molecule has 1 unspecified atom stereocenters. The third-order valence-corrected chi connectivity index (χ3v) is 3.90. The van der Waals surface area contributed by atoms with Gasteiger partial charge in [-0.3, -0.25) is 5.10 Å². The second-order valence-electron chi connectivity index (χ2n) is 5.45. The predicted molar refractivity (Wildman–Crippen MR) is 67.2 cm³/mol. The Morgan fingerprint density at radius 2 is 2.24 bits per heavy atom. The number of H-pyrrole nitrogens is 1. The van der Waals surface area contributed by atoms with E-state index < -0.39 is 0 Å². The van der Waals surface area contributed by atoms with E-state index in [9.17, 15) is 0 Å². The van der Waals surface area contributed by atoms with E-state index in [0.29, 0.717) is 12.0 Å². The molecule has 2 fully saturated rings. The van der Waals surface area contributed by atoms with Crippen molar-refractivity contribution >= 4 is 5.95 Å². The summed E-state index contributed by atoms with van der Waals surface area (Å²) in [5, 5.41) is 10.9. The maximum Gasteiger partial charge on any atom is 0.244 e. The molecule has 1 aromatic heterocycles. The van der Waals surface area contributed by atoms with Crippen LogP contribution in [0.1, 0.15) is 38.4 Å². The van der Waals surface area contributed by atoms with Gasteiger partial charge in [0, 0.05) is 31.6 Å². The Labute approximate surface area is 102 Å². The normalized spacial score (nSPS) is 27.2. The van der Waals surface area contributed by atoms with Gasteiger partial charge in [-0.1, -0.05) is 6.92 Å². The Hall–Kier alpha value is -1.10. The number of hydrogen-bond acceptors (Lipinski definition) is 4. The van der Waals surface area contributed by atoms with E-state index in [-0.39, 0.29) is 0 Å². The van der Waals surface area contributed by atoms with Crippen molar-refractivity contribution in [3.8, 4) is 0 Å². The number of aromatic nitrogens is 3. The highest BCUT2D eigenvalue weighted by Crippen LogP contribution is 2.41. The molecule has 1 saturated heterocycles. The van der Waals surface area contributed by atoms with Gasteiger partial charge in [-0.2, -0.15) is 4.98 Å². The third-order valence-electron chi connectivity index (χ3n) is 3.90. The maximum atomic E-state index is 4.66. The zero-order valence-electron chi connectivity index (χ0n) is 10.6. The summed E-state index contributed by atoms with van der Waals surface area (Å²) in [6, 6.07) is 0.520. The molecule has 94 valence electrons. The van der Waals surface area contributed by atoms with Crippen LogP contribution in [0.3, 0.4) is 0 Å². The fourth-order valence-electron chi connectivity index (χ4n) is 2.54. The monoisotopic (exact) mass is 235 g/mol. The van der Waals surface area contributed by atoms with Gasteiger partial charge in [0.2, 0.25) is 5.95 Å². The highest BCUT2D eigenvalue weighted by molar-refractivity contribution is 5.30. The van der Waals surface area contributed by atoms with Gasteiger partial charge in [-0.05, 0) is 25.7 Å². The molecule has 1 aliphatic carbocycles. The van der Waals surface area contributed by atoms with Crippen LogP contribution in [0.2, 0.25) is 0 Å². The molecule has 2 aliphatic rings. The summed E-state index contributed by atoms with van der Waals surface area (Å²) in [5.74, 6) is 3.31. The maximum absolute atomic E-state index is 4.66. The van der Waals surface area contributed by atoms with E-state index in [1.165, 1.54) is 12.8 Å². The molecule has 2 heterocycles. The average Bonchev–Trinajstić information content (AvgIpc) is 3.05. The quantitative estimate of drug-likeness (QED) is 0.824. The standard InChI is InChI=1S/C12H21N5/c1-8-7-17(6-5-13-8)12-14-11(15-16-12)9(2)10-3-4-10/h8-10,13H,3-7H2,1-2H3,(H,14,15,16)/t8-,9?/m1/s1. The second kappa shape index (κ2) is 4.29. The van der Waals surface area contributed by atoms with Crippen molar-refractivity contribution < 1.29 is 0 Å². The van der Waals surface area contributed by atoms with Crippen LogP contribution in [0.4, 0.5) is 5.95 Å². The van der Waals surface area contributed by atoms with Gasteiger partial charge in [0.1, 0.15) is 5.82 Å². The summed E-state index contributed by atoms with van der Waals surface area (Å²) in [4.78, 5) is 6.93. The Morgan fingerprint density at radius 1 is 1.41 bits per heavy atom. The van der Waals surface area contributed by atoms with Gasteiger partial charge >= 0.3 is 0 Å². The molecule has 0 spiro atoms. The van der Waals surface area contributed by atoms with Crippen molar-refractivity contribution in [2.45, 2.75) is 38.6 Å². The van der Waals surface area contributed by atoms with Gasteiger partial charge in [-0.15, -0.1) is 5.10 Å². The van der Waals surface area contributed by atoms with E-state index in [1.54, 1.807) is 0 Å². The summed E-state index contributed by atoms with van der Waals surface area (Å²) in [6.07, 6.45) is 2.70. The minimum atomic E-state index is 0.520. The molecule has 0 bridgehead atoms. The van der Waals surface area contributed by atoms with Crippen LogP contribution < -0.4 is 10.2 Å². The molecule has 0 amide bonds. The number of nitrogens with zero attached hydrogens (tertiary/aromatic N) is 3. The lowest BCUT2D eigenvalue weighted by Crippen LogP contribution is -2.49. The van der Waals surface area contributed by atoms with Crippen LogP contribution in [-0.2, 0) is 0 Å². The van der Waals surface area contributed by atoms with Gasteiger partial charge in [0.25, 0.3) is 0 Å². The van der Waals surface area contributed by atoms with Gasteiger partial charge in [-0.25, -0.2) is 0 Å². The summed E-state index contributed by atoms with van der Waals surface area (Å²) in [5.41, 5.74) is 0. The summed E-state index contributed by atoms with van der Waals surface area (Å²) in [7, 11) is 0. The van der Waals surface area contributed by atoms with E-state index >= 15 is 0 Å². The fraction of sp³-hybridized carbons (Fsp3) is 0.833. The smallest absolute Gasteiger partial charge is 0.244 e. The highest BCUT2D eigenvalue weighted by atomic mass is 15.4. The van der Waals surface area contributed by atoms with Crippen LogP contribution in [-0.4, -0.2) is 40.9 Å². The van der Waals surface area contributed by atoms with Gasteiger partial charge < -0.3 is 10.2 Å². The van der Waals surface area contributed by atoms with Crippen molar-refractivity contribution in [1.82, 2.24) is 20.5 Å². The molecule has 3 rings (SSSR count). The van der Waals surface area contributed by atoms with Crippen LogP contribution in [0, 0.1) is 5.92 Å². The molecule has 17 heavy (non-hydrogen) atoms. The minimum absolute atomic E-state index is 0.520. The molecular weight excluding hydrogens is 214 g/mol. The highest BCUT2D eigenvalue weighted by Gasteiger charge is 2.31. The number of hydrogen-bond donors (Lipinski definition) is 2. The second-order valence-corrected chi connectivity index (χ2v) is 5.45. The number of anilines is 1. The first-order chi connectivity index (χ1) is 8.24. The summed E-state index contributed by atoms with van der Waals surface area (Å²) >= 11 is 0. The first-order valence-electron chi connectivity index (χ1n) is 6.64. The molecule has 2 atom stereocenters. The van der Waals surface area contributed by atoms with Crippen LogP contribution >= 0.6 is 0 Å². The fourth-order valence-corrected chi connectivity index (χ4v) is 2.54. The van der Waals surface area contributed by atoms with E-state index in [4.69, 9.17) is 0 Å². The van der Waals surface area contributed by atoms with E-state index in [2.05, 4.69) is 39.2 Å². The predicted octanol–water partition coefficient (Wildman–Crippen LogP) is 1.12. The Bertz CT molecular complexity index is 384. The van der Waals surface area contributed by atoms with Crippen LogP contribution in [0.15, 0.2) is 0 Å². The number of piperazine rings is 1. The van der Waals surface area contributed by atoms with E-state index in [1.807, 2.05) is 0 Å². The number of aromatic amines is 1. The van der Waals surface area contributed by atoms with Gasteiger partial charge in [0.15, 0.2) is 0 Å². The summed E-state index contributed by atoms with van der Waals surface area (Å²) in [6.45, 7) is 7.46. The molecule has 5 heteroatoms. The lowest BCUT2D eigenvalue weighted by molar-refractivity contribution is 0.479. The SMILES string of the molecule is CC(c1nc(N2CCN[C@H](C)C2)n[nH]1)C1CC1. The lowest BCUT2D eigenvalue weighted by Gasteiger charge is -2.30. The van der Waals surface area contributed by atoms with Crippen molar-refractivity contribution in [3.63, 3.8) is 0 Å². The first-order valence-corrected chi connectivity index (χ1v) is 6.64. The Kier molecular flexibility index (Phi) is 2.78. The van der Waals surface area contributed by atoms with Crippen molar-refractivity contribution in [2.75, 3.05) is 24.5 Å². The zero-order valence-corrected chi connectivity index (χ0v) is 10.6. The summed E-state index contributed by atoms with van der Waals surface area (Å²) < 4.78 is 0. The molecular formula is C12H21N5. The number of rotatable bonds is 3. The molecule has 1 aromatic rings. The molecule has 5 nitrogen and oxygen atoms in total. The molecule has 0 aromatic carbocycles.